The smallest absolute Gasteiger partial charge is 0.341 e. The Kier molecular flexibility index (Phi) is 6.87. The number of carbonyl (C=O) groups is 1. The molecule has 0 aliphatic heterocycles. The molecule has 2 aromatic carbocycles. The summed E-state index contributed by atoms with van der Waals surface area (Å²) < 4.78 is 34.6. The normalized spacial score (nSPS) is 23.8. The average molecular weight is 455 g/mol. The standard InChI is InChI=1S/C28H32F2O3/c1-28(30,27(31)32)26(21-12-13-21)22-5-3-4-19(16-22)7-6-18-8-10-20(11-9-18)24-17-23(33-2)14-15-25(24)29/h3-7,14-18,20-21,26H,8-13H2,1-2H3,(H,31,32)/b7-6+/t18-,20-,26?,28?. The van der Waals surface area contributed by atoms with Crippen LogP contribution in [0.5, 0.6) is 5.75 Å². The predicted octanol–water partition coefficient (Wildman–Crippen LogP) is 7.13. The van der Waals surface area contributed by atoms with Crippen LogP contribution in [0.2, 0.25) is 0 Å². The van der Waals surface area contributed by atoms with Crippen LogP contribution in [0.4, 0.5) is 8.78 Å². The fraction of sp³-hybridized carbons (Fsp3) is 0.464. The third-order valence-corrected chi connectivity index (χ3v) is 7.34. The van der Waals surface area contributed by atoms with E-state index in [9.17, 15) is 14.3 Å². The van der Waals surface area contributed by atoms with Gasteiger partial charge in [0.25, 0.3) is 0 Å². The summed E-state index contributed by atoms with van der Waals surface area (Å²) in [6.45, 7) is 1.18. The van der Waals surface area contributed by atoms with Crippen molar-refractivity contribution in [1.82, 2.24) is 0 Å². The number of carboxylic acid groups (broad SMARTS) is 1. The Morgan fingerprint density at radius 2 is 1.85 bits per heavy atom. The van der Waals surface area contributed by atoms with Crippen molar-refractivity contribution < 1.29 is 23.4 Å². The highest BCUT2D eigenvalue weighted by Crippen LogP contribution is 2.50. The quantitative estimate of drug-likeness (QED) is 0.462. The van der Waals surface area contributed by atoms with Gasteiger partial charge in [-0.1, -0.05) is 36.4 Å². The van der Waals surface area contributed by atoms with Crippen molar-refractivity contribution >= 4 is 12.0 Å². The van der Waals surface area contributed by atoms with Gasteiger partial charge in [0.1, 0.15) is 11.6 Å². The molecule has 176 valence electrons. The molecule has 0 radical (unpaired) electrons. The fourth-order valence-electron chi connectivity index (χ4n) is 5.28. The van der Waals surface area contributed by atoms with E-state index in [2.05, 4.69) is 12.2 Å². The first kappa shape index (κ1) is 23.5. The molecule has 0 amide bonds. The molecule has 2 aromatic rings. The van der Waals surface area contributed by atoms with Gasteiger partial charge < -0.3 is 9.84 Å². The van der Waals surface area contributed by atoms with Crippen LogP contribution in [0.15, 0.2) is 48.5 Å². The Bertz CT molecular complexity index is 1020. The maximum atomic E-state index is 15.1. The third-order valence-electron chi connectivity index (χ3n) is 7.34. The van der Waals surface area contributed by atoms with Crippen molar-refractivity contribution in [3.63, 3.8) is 0 Å². The first-order chi connectivity index (χ1) is 15.8. The number of hydrogen-bond acceptors (Lipinski definition) is 2. The predicted molar refractivity (Wildman–Crippen MR) is 126 cm³/mol. The number of methoxy groups -OCH3 is 1. The van der Waals surface area contributed by atoms with Crippen LogP contribution >= 0.6 is 0 Å². The molecular formula is C28H32F2O3. The molecule has 2 fully saturated rings. The summed E-state index contributed by atoms with van der Waals surface area (Å²) in [5, 5.41) is 9.42. The first-order valence-corrected chi connectivity index (χ1v) is 11.8. The summed E-state index contributed by atoms with van der Waals surface area (Å²) >= 11 is 0. The van der Waals surface area contributed by atoms with Gasteiger partial charge in [-0.2, -0.15) is 0 Å². The van der Waals surface area contributed by atoms with Crippen molar-refractivity contribution in [3.05, 3.63) is 71.0 Å². The van der Waals surface area contributed by atoms with Gasteiger partial charge in [0.2, 0.25) is 5.67 Å². The topological polar surface area (TPSA) is 46.5 Å². The first-order valence-electron chi connectivity index (χ1n) is 11.8. The van der Waals surface area contributed by atoms with Crippen molar-refractivity contribution in [2.75, 3.05) is 7.11 Å². The summed E-state index contributed by atoms with van der Waals surface area (Å²) in [7, 11) is 1.59. The minimum atomic E-state index is -2.28. The lowest BCUT2D eigenvalue weighted by Gasteiger charge is -2.28. The van der Waals surface area contributed by atoms with Gasteiger partial charge in [0.05, 0.1) is 7.11 Å². The Morgan fingerprint density at radius 1 is 1.12 bits per heavy atom. The van der Waals surface area contributed by atoms with E-state index in [0.29, 0.717) is 11.7 Å². The molecule has 0 spiro atoms. The highest BCUT2D eigenvalue weighted by molar-refractivity contribution is 5.78. The summed E-state index contributed by atoms with van der Waals surface area (Å²) in [4.78, 5) is 11.6. The Hall–Kier alpha value is -2.69. The SMILES string of the molecule is COc1ccc(F)c([C@H]2CC[C@H](/C=C/c3cccc(C(C4CC4)C(C)(F)C(=O)O)c3)CC2)c1. The van der Waals surface area contributed by atoms with Crippen LogP contribution < -0.4 is 4.74 Å². The second-order valence-corrected chi connectivity index (χ2v) is 9.72. The molecule has 4 rings (SSSR count). The molecule has 33 heavy (non-hydrogen) atoms. The van der Waals surface area contributed by atoms with Gasteiger partial charge >= 0.3 is 5.97 Å². The molecule has 3 nitrogen and oxygen atoms in total. The molecule has 0 saturated heterocycles. The number of alkyl halides is 1. The maximum absolute atomic E-state index is 15.1. The third kappa shape index (κ3) is 5.29. The molecule has 2 aliphatic carbocycles. The van der Waals surface area contributed by atoms with Crippen LogP contribution in [0.1, 0.15) is 74.0 Å². The number of benzene rings is 2. The average Bonchev–Trinajstić information content (AvgIpc) is 3.63. The van der Waals surface area contributed by atoms with Gasteiger partial charge in [0.15, 0.2) is 0 Å². The van der Waals surface area contributed by atoms with Crippen LogP contribution in [0, 0.1) is 17.7 Å². The van der Waals surface area contributed by atoms with E-state index < -0.39 is 17.6 Å². The molecule has 0 heterocycles. The van der Waals surface area contributed by atoms with Gasteiger partial charge in [0, 0.05) is 5.92 Å². The van der Waals surface area contributed by atoms with Gasteiger partial charge in [-0.3, -0.25) is 0 Å². The van der Waals surface area contributed by atoms with Crippen molar-refractivity contribution in [2.24, 2.45) is 11.8 Å². The van der Waals surface area contributed by atoms with E-state index in [4.69, 9.17) is 4.74 Å². The molecule has 2 saturated carbocycles. The number of rotatable bonds is 8. The minimum Gasteiger partial charge on any atom is -0.497 e. The van der Waals surface area contributed by atoms with Gasteiger partial charge in [-0.25, -0.2) is 13.6 Å². The summed E-state index contributed by atoms with van der Waals surface area (Å²) in [6, 6.07) is 12.6. The molecule has 0 bridgehead atoms. The summed E-state index contributed by atoms with van der Waals surface area (Å²) in [6.07, 6.45) is 9.77. The maximum Gasteiger partial charge on any atom is 0.341 e. The lowest BCUT2D eigenvalue weighted by atomic mass is 9.78. The van der Waals surface area contributed by atoms with E-state index in [1.165, 1.54) is 13.0 Å². The largest absolute Gasteiger partial charge is 0.497 e. The molecule has 2 unspecified atom stereocenters. The van der Waals surface area contributed by atoms with Crippen molar-refractivity contribution in [1.29, 1.82) is 0 Å². The summed E-state index contributed by atoms with van der Waals surface area (Å²) in [5.74, 6) is -0.819. The van der Waals surface area contributed by atoms with Crippen molar-refractivity contribution in [2.45, 2.75) is 63.0 Å². The van der Waals surface area contributed by atoms with Crippen LogP contribution in [0.3, 0.4) is 0 Å². The second kappa shape index (κ2) is 9.66. The van der Waals surface area contributed by atoms with Gasteiger partial charge in [-0.15, -0.1) is 0 Å². The lowest BCUT2D eigenvalue weighted by molar-refractivity contribution is -0.151. The molecule has 5 heteroatoms. The highest BCUT2D eigenvalue weighted by atomic mass is 19.1. The summed E-state index contributed by atoms with van der Waals surface area (Å²) in [5.41, 5.74) is 0.171. The van der Waals surface area contributed by atoms with Crippen molar-refractivity contribution in [3.8, 4) is 5.75 Å². The van der Waals surface area contributed by atoms with E-state index in [1.807, 2.05) is 30.3 Å². The molecule has 1 N–H and O–H groups in total. The van der Waals surface area contributed by atoms with E-state index in [0.717, 1.165) is 55.2 Å². The number of carboxylic acids is 1. The van der Waals surface area contributed by atoms with E-state index in [-0.39, 0.29) is 17.7 Å². The van der Waals surface area contributed by atoms with Crippen LogP contribution in [-0.2, 0) is 4.79 Å². The fourth-order valence-corrected chi connectivity index (χ4v) is 5.28. The Morgan fingerprint density at radius 3 is 2.48 bits per heavy atom. The molecule has 0 aromatic heterocycles. The zero-order valence-corrected chi connectivity index (χ0v) is 19.3. The van der Waals surface area contributed by atoms with Crippen LogP contribution in [0.25, 0.3) is 6.08 Å². The minimum absolute atomic E-state index is 0.0858. The number of ether oxygens (including phenoxy) is 1. The molecule has 2 aliphatic rings. The Balaban J connectivity index is 1.42. The lowest BCUT2D eigenvalue weighted by Crippen LogP contribution is -2.38. The molecule has 2 atom stereocenters. The van der Waals surface area contributed by atoms with E-state index in [1.54, 1.807) is 13.2 Å². The monoisotopic (exact) mass is 454 g/mol. The van der Waals surface area contributed by atoms with Crippen LogP contribution in [-0.4, -0.2) is 23.9 Å². The number of aliphatic carboxylic acids is 1. The number of allylic oxidation sites excluding steroid dienone is 1. The number of halogens is 2. The second-order valence-electron chi connectivity index (χ2n) is 9.72. The number of hydrogen-bond donors (Lipinski definition) is 1. The highest BCUT2D eigenvalue weighted by Gasteiger charge is 2.50. The zero-order chi connectivity index (χ0) is 23.6. The van der Waals surface area contributed by atoms with Gasteiger partial charge in [-0.05, 0) is 98.1 Å². The molecular weight excluding hydrogens is 422 g/mol. The zero-order valence-electron chi connectivity index (χ0n) is 19.3. The Labute approximate surface area is 194 Å². The van der Waals surface area contributed by atoms with E-state index >= 15 is 4.39 Å².